The summed E-state index contributed by atoms with van der Waals surface area (Å²) in [6.07, 6.45) is 3.12. The number of nitrogens with one attached hydrogen (secondary N) is 1. The lowest BCUT2D eigenvalue weighted by Gasteiger charge is -2.38. The zero-order valence-electron chi connectivity index (χ0n) is 19.4. The number of amides is 2. The lowest BCUT2D eigenvalue weighted by molar-refractivity contribution is -0.139. The Morgan fingerprint density at radius 2 is 1.64 bits per heavy atom. The van der Waals surface area contributed by atoms with Gasteiger partial charge in [-0.05, 0) is 69.5 Å². The molecule has 3 rings (SSSR count). The van der Waals surface area contributed by atoms with E-state index in [1.165, 1.54) is 20.2 Å². The third kappa shape index (κ3) is 5.72. The highest BCUT2D eigenvalue weighted by Gasteiger charge is 2.29. The van der Waals surface area contributed by atoms with E-state index in [0.29, 0.717) is 11.3 Å². The number of rotatable bonds is 7. The molecule has 2 aromatic carbocycles. The van der Waals surface area contributed by atoms with Crippen LogP contribution < -0.4 is 10.1 Å². The number of para-hydroxylation sites is 1. The van der Waals surface area contributed by atoms with Crippen molar-refractivity contribution < 1.29 is 22.7 Å². The summed E-state index contributed by atoms with van der Waals surface area (Å²) < 4.78 is 31.8. The van der Waals surface area contributed by atoms with Gasteiger partial charge in [-0.25, -0.2) is 12.7 Å². The van der Waals surface area contributed by atoms with Crippen LogP contribution in [0.2, 0.25) is 0 Å². The lowest BCUT2D eigenvalue weighted by Crippen LogP contribution is -2.49. The third-order valence-corrected chi connectivity index (χ3v) is 7.73. The predicted molar refractivity (Wildman–Crippen MR) is 127 cm³/mol. The maximum Gasteiger partial charge on any atom is 0.260 e. The second kappa shape index (κ2) is 10.4. The van der Waals surface area contributed by atoms with Gasteiger partial charge < -0.3 is 15.0 Å². The number of ether oxygens (including phenoxy) is 1. The van der Waals surface area contributed by atoms with Gasteiger partial charge in [0, 0.05) is 31.7 Å². The van der Waals surface area contributed by atoms with Crippen LogP contribution in [0.15, 0.2) is 53.4 Å². The third-order valence-electron chi connectivity index (χ3n) is 5.85. The quantitative estimate of drug-likeness (QED) is 0.665. The lowest BCUT2D eigenvalue weighted by atomic mass is 9.97. The molecule has 8 nitrogen and oxygen atoms in total. The van der Waals surface area contributed by atoms with Crippen molar-refractivity contribution in [1.29, 1.82) is 0 Å². The number of piperidine rings is 1. The van der Waals surface area contributed by atoms with Crippen LogP contribution in [0.25, 0.3) is 0 Å². The van der Waals surface area contributed by atoms with Crippen molar-refractivity contribution in [2.24, 2.45) is 0 Å². The Kier molecular flexibility index (Phi) is 7.76. The number of hydrogen-bond acceptors (Lipinski definition) is 5. The van der Waals surface area contributed by atoms with Crippen LogP contribution in [0.1, 0.15) is 43.5 Å². The zero-order valence-corrected chi connectivity index (χ0v) is 20.3. The molecule has 0 radical (unpaired) electrons. The van der Waals surface area contributed by atoms with E-state index in [0.717, 1.165) is 23.6 Å². The number of nitrogens with zero attached hydrogens (tertiary/aromatic N) is 2. The first kappa shape index (κ1) is 24.7. The van der Waals surface area contributed by atoms with Crippen LogP contribution in [0.5, 0.6) is 5.75 Å². The number of hydrogen-bond donors (Lipinski definition) is 1. The second-order valence-electron chi connectivity index (χ2n) is 8.48. The largest absolute Gasteiger partial charge is 0.484 e. The van der Waals surface area contributed by atoms with E-state index in [1.807, 2.05) is 4.90 Å². The molecule has 1 saturated heterocycles. The first-order valence-corrected chi connectivity index (χ1v) is 12.4. The molecule has 0 saturated carbocycles. The van der Waals surface area contributed by atoms with Gasteiger partial charge in [0.15, 0.2) is 6.61 Å². The van der Waals surface area contributed by atoms with Crippen molar-refractivity contribution in [2.75, 3.05) is 26.0 Å². The molecule has 0 spiro atoms. The van der Waals surface area contributed by atoms with Crippen molar-refractivity contribution >= 4 is 27.5 Å². The number of benzene rings is 2. The topological polar surface area (TPSA) is 96.0 Å². The Hall–Kier alpha value is -2.91. The molecule has 0 aliphatic carbocycles. The Labute approximate surface area is 195 Å². The highest BCUT2D eigenvalue weighted by Crippen LogP contribution is 2.25. The normalized spacial score (nSPS) is 18.8. The zero-order chi connectivity index (χ0) is 24.2. The van der Waals surface area contributed by atoms with Crippen LogP contribution >= 0.6 is 0 Å². The molecule has 9 heteroatoms. The fraction of sp³-hybridized carbons (Fsp3) is 0.417. The van der Waals surface area contributed by atoms with Crippen molar-refractivity contribution in [1.82, 2.24) is 9.21 Å². The summed E-state index contributed by atoms with van der Waals surface area (Å²) in [5.41, 5.74) is 0.538. The standard InChI is InChI=1S/C24H31N3O5S/c1-17-8-7-9-18(2)27(17)23(28)16-32-20-14-12-19(13-15-20)24(29)25-21-10-5-6-11-22(21)33(30,31)26(3)4/h5-6,10-15,17-18H,7-9,16H2,1-4H3,(H,25,29). The van der Waals surface area contributed by atoms with Crippen LogP contribution in [-0.2, 0) is 14.8 Å². The summed E-state index contributed by atoms with van der Waals surface area (Å²) in [6.45, 7) is 4.06. The van der Waals surface area contributed by atoms with Crippen LogP contribution in [-0.4, -0.2) is 62.2 Å². The number of carbonyl (C=O) groups excluding carboxylic acids is 2. The maximum absolute atomic E-state index is 12.7. The minimum Gasteiger partial charge on any atom is -0.484 e. The molecule has 1 fully saturated rings. The van der Waals surface area contributed by atoms with E-state index < -0.39 is 15.9 Å². The van der Waals surface area contributed by atoms with Gasteiger partial charge in [0.25, 0.3) is 11.8 Å². The second-order valence-corrected chi connectivity index (χ2v) is 10.6. The fourth-order valence-corrected chi connectivity index (χ4v) is 5.06. The van der Waals surface area contributed by atoms with Gasteiger partial charge in [-0.15, -0.1) is 0 Å². The summed E-state index contributed by atoms with van der Waals surface area (Å²) in [4.78, 5) is 27.2. The monoisotopic (exact) mass is 473 g/mol. The van der Waals surface area contributed by atoms with E-state index in [-0.39, 0.29) is 35.2 Å². The van der Waals surface area contributed by atoms with Gasteiger partial charge in [-0.1, -0.05) is 12.1 Å². The molecular formula is C24H31N3O5S. The molecule has 0 aromatic heterocycles. The van der Waals surface area contributed by atoms with E-state index in [1.54, 1.807) is 42.5 Å². The smallest absolute Gasteiger partial charge is 0.260 e. The fourth-order valence-electron chi connectivity index (χ4n) is 4.02. The van der Waals surface area contributed by atoms with Crippen molar-refractivity contribution in [3.05, 3.63) is 54.1 Å². The number of carbonyl (C=O) groups is 2. The Balaban J connectivity index is 1.64. The molecule has 0 bridgehead atoms. The minimum absolute atomic E-state index is 0.0167. The van der Waals surface area contributed by atoms with E-state index in [2.05, 4.69) is 19.2 Å². The molecule has 1 aliphatic heterocycles. The van der Waals surface area contributed by atoms with Gasteiger partial charge in [-0.2, -0.15) is 0 Å². The van der Waals surface area contributed by atoms with Crippen molar-refractivity contribution in [3.63, 3.8) is 0 Å². The maximum atomic E-state index is 12.7. The molecule has 2 amide bonds. The van der Waals surface area contributed by atoms with Crippen LogP contribution in [0.4, 0.5) is 5.69 Å². The van der Waals surface area contributed by atoms with Gasteiger partial charge >= 0.3 is 0 Å². The van der Waals surface area contributed by atoms with E-state index in [9.17, 15) is 18.0 Å². The van der Waals surface area contributed by atoms with Crippen molar-refractivity contribution in [3.8, 4) is 5.75 Å². The first-order valence-electron chi connectivity index (χ1n) is 11.0. The van der Waals surface area contributed by atoms with Gasteiger partial charge in [0.2, 0.25) is 10.0 Å². The Bertz CT molecular complexity index is 1090. The average molecular weight is 474 g/mol. The molecule has 33 heavy (non-hydrogen) atoms. The SMILES string of the molecule is CC1CCCC(C)N1C(=O)COc1ccc(C(=O)Nc2ccccc2S(=O)(=O)N(C)C)cc1. The molecule has 2 unspecified atom stereocenters. The minimum atomic E-state index is -3.71. The molecule has 2 aromatic rings. The van der Waals surface area contributed by atoms with Gasteiger partial charge in [0.1, 0.15) is 10.6 Å². The summed E-state index contributed by atoms with van der Waals surface area (Å²) in [7, 11) is -0.843. The van der Waals surface area contributed by atoms with Crippen LogP contribution in [0.3, 0.4) is 0 Å². The summed E-state index contributed by atoms with van der Waals surface area (Å²) in [6, 6.07) is 13.0. The van der Waals surface area contributed by atoms with Crippen LogP contribution in [0, 0.1) is 0 Å². The molecule has 178 valence electrons. The first-order chi connectivity index (χ1) is 15.6. The highest BCUT2D eigenvalue weighted by molar-refractivity contribution is 7.89. The van der Waals surface area contributed by atoms with E-state index >= 15 is 0 Å². The van der Waals surface area contributed by atoms with Gasteiger partial charge in [-0.3, -0.25) is 9.59 Å². The molecule has 1 aliphatic rings. The number of likely N-dealkylation sites (tertiary alicyclic amines) is 1. The predicted octanol–water partition coefficient (Wildman–Crippen LogP) is 3.36. The summed E-state index contributed by atoms with van der Waals surface area (Å²) >= 11 is 0. The highest BCUT2D eigenvalue weighted by atomic mass is 32.2. The number of sulfonamides is 1. The summed E-state index contributed by atoms with van der Waals surface area (Å²) in [5.74, 6) is -0.0157. The number of anilines is 1. The molecular weight excluding hydrogens is 442 g/mol. The molecule has 2 atom stereocenters. The molecule has 1 N–H and O–H groups in total. The molecule has 1 heterocycles. The van der Waals surface area contributed by atoms with Crippen molar-refractivity contribution in [2.45, 2.75) is 50.1 Å². The van der Waals surface area contributed by atoms with E-state index in [4.69, 9.17) is 4.74 Å². The average Bonchev–Trinajstić information content (AvgIpc) is 2.78. The Morgan fingerprint density at radius 3 is 2.24 bits per heavy atom. The summed E-state index contributed by atoms with van der Waals surface area (Å²) in [5, 5.41) is 2.66. The Morgan fingerprint density at radius 1 is 1.03 bits per heavy atom. The van der Waals surface area contributed by atoms with Gasteiger partial charge in [0.05, 0.1) is 5.69 Å².